The molecule has 1 rings (SSSR count). The lowest BCUT2D eigenvalue weighted by Crippen LogP contribution is -2.37. The van der Waals surface area contributed by atoms with Crippen molar-refractivity contribution >= 4 is 11.9 Å². The molecular formula is C10H13N3O. The SMILES string of the molecule is CN=C(N)NC(=O)Cc1ccccc1. The third-order valence-corrected chi connectivity index (χ3v) is 1.72. The third-order valence-electron chi connectivity index (χ3n) is 1.72. The van der Waals surface area contributed by atoms with Crippen LogP contribution in [0, 0.1) is 0 Å². The molecule has 0 aliphatic rings. The minimum atomic E-state index is -0.153. The highest BCUT2D eigenvalue weighted by Crippen LogP contribution is 1.98. The smallest absolute Gasteiger partial charge is 0.231 e. The Kier molecular flexibility index (Phi) is 3.67. The maximum absolute atomic E-state index is 11.3. The van der Waals surface area contributed by atoms with E-state index in [2.05, 4.69) is 10.3 Å². The molecule has 0 saturated carbocycles. The minimum Gasteiger partial charge on any atom is -0.370 e. The molecule has 0 aromatic heterocycles. The molecule has 4 nitrogen and oxygen atoms in total. The zero-order valence-electron chi connectivity index (χ0n) is 8.03. The fourth-order valence-corrected chi connectivity index (χ4v) is 1.02. The Labute approximate surface area is 82.8 Å². The van der Waals surface area contributed by atoms with Gasteiger partial charge in [-0.2, -0.15) is 0 Å². The highest BCUT2D eigenvalue weighted by atomic mass is 16.1. The summed E-state index contributed by atoms with van der Waals surface area (Å²) in [5.41, 5.74) is 6.30. The van der Waals surface area contributed by atoms with E-state index in [1.807, 2.05) is 30.3 Å². The van der Waals surface area contributed by atoms with Gasteiger partial charge in [-0.1, -0.05) is 30.3 Å². The molecule has 0 spiro atoms. The van der Waals surface area contributed by atoms with Crippen LogP contribution in [-0.2, 0) is 11.2 Å². The van der Waals surface area contributed by atoms with Crippen molar-refractivity contribution in [3.8, 4) is 0 Å². The third kappa shape index (κ3) is 3.26. The van der Waals surface area contributed by atoms with Crippen molar-refractivity contribution in [3.63, 3.8) is 0 Å². The summed E-state index contributed by atoms with van der Waals surface area (Å²) in [5.74, 6) is -0.00905. The van der Waals surface area contributed by atoms with Crippen LogP contribution in [0.3, 0.4) is 0 Å². The predicted octanol–water partition coefficient (Wildman–Crippen LogP) is 0.290. The average molecular weight is 191 g/mol. The van der Waals surface area contributed by atoms with E-state index in [9.17, 15) is 4.79 Å². The van der Waals surface area contributed by atoms with Crippen molar-refractivity contribution in [2.45, 2.75) is 6.42 Å². The van der Waals surface area contributed by atoms with Gasteiger partial charge in [0.1, 0.15) is 0 Å². The quantitative estimate of drug-likeness (QED) is 0.521. The van der Waals surface area contributed by atoms with Crippen molar-refractivity contribution in [2.24, 2.45) is 10.7 Å². The zero-order chi connectivity index (χ0) is 10.4. The van der Waals surface area contributed by atoms with Gasteiger partial charge in [-0.25, -0.2) is 0 Å². The number of nitrogens with zero attached hydrogens (tertiary/aromatic N) is 1. The van der Waals surface area contributed by atoms with Gasteiger partial charge in [-0.05, 0) is 5.56 Å². The summed E-state index contributed by atoms with van der Waals surface area (Å²) < 4.78 is 0. The highest BCUT2D eigenvalue weighted by Gasteiger charge is 2.03. The van der Waals surface area contributed by atoms with E-state index < -0.39 is 0 Å². The summed E-state index contributed by atoms with van der Waals surface area (Å²) in [4.78, 5) is 14.9. The van der Waals surface area contributed by atoms with Crippen LogP contribution in [0.1, 0.15) is 5.56 Å². The number of aliphatic imine (C=N–C) groups is 1. The summed E-state index contributed by atoms with van der Waals surface area (Å²) in [6, 6.07) is 9.46. The maximum atomic E-state index is 11.3. The first-order valence-electron chi connectivity index (χ1n) is 4.28. The first-order valence-corrected chi connectivity index (χ1v) is 4.28. The number of carbonyl (C=O) groups excluding carboxylic acids is 1. The molecule has 0 atom stereocenters. The molecule has 14 heavy (non-hydrogen) atoms. The second-order valence-electron chi connectivity index (χ2n) is 2.82. The molecule has 0 fully saturated rings. The zero-order valence-corrected chi connectivity index (χ0v) is 8.03. The van der Waals surface area contributed by atoms with Gasteiger partial charge in [-0.15, -0.1) is 0 Å². The van der Waals surface area contributed by atoms with Gasteiger partial charge < -0.3 is 5.73 Å². The van der Waals surface area contributed by atoms with Crippen molar-refractivity contribution in [2.75, 3.05) is 7.05 Å². The second-order valence-corrected chi connectivity index (χ2v) is 2.82. The Bertz CT molecular complexity index is 332. The molecule has 0 aliphatic carbocycles. The molecule has 0 heterocycles. The van der Waals surface area contributed by atoms with Crippen molar-refractivity contribution in [1.82, 2.24) is 5.32 Å². The van der Waals surface area contributed by atoms with Crippen LogP contribution < -0.4 is 11.1 Å². The minimum absolute atomic E-state index is 0.144. The number of benzene rings is 1. The van der Waals surface area contributed by atoms with E-state index in [0.29, 0.717) is 6.42 Å². The molecule has 0 bridgehead atoms. The molecular weight excluding hydrogens is 178 g/mol. The first kappa shape index (κ1) is 10.2. The van der Waals surface area contributed by atoms with E-state index in [1.54, 1.807) is 0 Å². The largest absolute Gasteiger partial charge is 0.370 e. The molecule has 0 saturated heterocycles. The van der Waals surface area contributed by atoms with Crippen LogP contribution in [-0.4, -0.2) is 18.9 Å². The van der Waals surface area contributed by atoms with E-state index in [4.69, 9.17) is 5.73 Å². The van der Waals surface area contributed by atoms with Crippen LogP contribution in [0.15, 0.2) is 35.3 Å². The molecule has 1 amide bonds. The van der Waals surface area contributed by atoms with Crippen LogP contribution in [0.25, 0.3) is 0 Å². The van der Waals surface area contributed by atoms with Crippen molar-refractivity contribution < 1.29 is 4.79 Å². The molecule has 1 aromatic rings. The summed E-state index contributed by atoms with van der Waals surface area (Å²) in [7, 11) is 1.53. The van der Waals surface area contributed by atoms with Gasteiger partial charge in [0.05, 0.1) is 6.42 Å². The van der Waals surface area contributed by atoms with Gasteiger partial charge >= 0.3 is 0 Å². The number of hydrogen-bond donors (Lipinski definition) is 2. The number of rotatable bonds is 2. The van der Waals surface area contributed by atoms with Crippen LogP contribution in [0.5, 0.6) is 0 Å². The normalized spacial score (nSPS) is 11.1. The predicted molar refractivity (Wildman–Crippen MR) is 55.8 cm³/mol. The Balaban J connectivity index is 2.50. The molecule has 3 N–H and O–H groups in total. The number of guanidine groups is 1. The standard InChI is InChI=1S/C10H13N3O/c1-12-10(11)13-9(14)7-8-5-3-2-4-6-8/h2-6H,7H2,1H3,(H3,11,12,13,14). The van der Waals surface area contributed by atoms with E-state index >= 15 is 0 Å². The molecule has 4 heteroatoms. The molecule has 0 radical (unpaired) electrons. The van der Waals surface area contributed by atoms with Crippen LogP contribution in [0.4, 0.5) is 0 Å². The average Bonchev–Trinajstić information content (AvgIpc) is 2.19. The monoisotopic (exact) mass is 191 g/mol. The Morgan fingerprint density at radius 3 is 2.64 bits per heavy atom. The van der Waals surface area contributed by atoms with Crippen molar-refractivity contribution in [1.29, 1.82) is 0 Å². The van der Waals surface area contributed by atoms with Crippen LogP contribution >= 0.6 is 0 Å². The molecule has 1 aromatic carbocycles. The van der Waals surface area contributed by atoms with Gasteiger partial charge in [0.2, 0.25) is 5.91 Å². The van der Waals surface area contributed by atoms with E-state index in [0.717, 1.165) is 5.56 Å². The van der Waals surface area contributed by atoms with Crippen molar-refractivity contribution in [3.05, 3.63) is 35.9 Å². The number of hydrogen-bond acceptors (Lipinski definition) is 2. The Morgan fingerprint density at radius 2 is 2.07 bits per heavy atom. The fourth-order valence-electron chi connectivity index (χ4n) is 1.02. The summed E-state index contributed by atoms with van der Waals surface area (Å²) >= 11 is 0. The lowest BCUT2D eigenvalue weighted by molar-refractivity contribution is -0.119. The Hall–Kier alpha value is -1.84. The fraction of sp³-hybridized carbons (Fsp3) is 0.200. The maximum Gasteiger partial charge on any atom is 0.231 e. The number of carbonyl (C=O) groups is 1. The molecule has 0 unspecified atom stereocenters. The van der Waals surface area contributed by atoms with Gasteiger partial charge in [0, 0.05) is 7.05 Å². The Morgan fingerprint density at radius 1 is 1.43 bits per heavy atom. The van der Waals surface area contributed by atoms with Gasteiger partial charge in [0.25, 0.3) is 0 Å². The number of amides is 1. The topological polar surface area (TPSA) is 67.5 Å². The number of nitrogens with one attached hydrogen (secondary N) is 1. The molecule has 0 aliphatic heterocycles. The lowest BCUT2D eigenvalue weighted by atomic mass is 10.1. The van der Waals surface area contributed by atoms with Gasteiger partial charge in [0.15, 0.2) is 5.96 Å². The van der Waals surface area contributed by atoms with Gasteiger partial charge in [-0.3, -0.25) is 15.1 Å². The number of nitrogens with two attached hydrogens (primary N) is 1. The lowest BCUT2D eigenvalue weighted by Gasteiger charge is -2.02. The summed E-state index contributed by atoms with van der Waals surface area (Å²) in [6.45, 7) is 0. The second kappa shape index (κ2) is 5.01. The van der Waals surface area contributed by atoms with Crippen LogP contribution in [0.2, 0.25) is 0 Å². The highest BCUT2D eigenvalue weighted by molar-refractivity contribution is 5.96. The van der Waals surface area contributed by atoms with E-state index in [1.165, 1.54) is 7.05 Å². The summed E-state index contributed by atoms with van der Waals surface area (Å²) in [5, 5.41) is 2.47. The summed E-state index contributed by atoms with van der Waals surface area (Å²) in [6.07, 6.45) is 0.317. The first-order chi connectivity index (χ1) is 6.72. The van der Waals surface area contributed by atoms with E-state index in [-0.39, 0.29) is 11.9 Å². The molecule has 74 valence electrons.